The lowest BCUT2D eigenvalue weighted by atomic mass is 9.83. The van der Waals surface area contributed by atoms with Crippen molar-refractivity contribution in [2.75, 3.05) is 11.6 Å². The molecule has 100 valence electrons. The van der Waals surface area contributed by atoms with Gasteiger partial charge in [0.05, 0.1) is 18.1 Å². The highest BCUT2D eigenvalue weighted by Gasteiger charge is 2.56. The van der Waals surface area contributed by atoms with E-state index < -0.39 is 18.0 Å². The van der Waals surface area contributed by atoms with Crippen LogP contribution >= 0.6 is 11.8 Å². The van der Waals surface area contributed by atoms with Gasteiger partial charge in [-0.05, 0) is 18.9 Å². The molecule has 0 aromatic heterocycles. The summed E-state index contributed by atoms with van der Waals surface area (Å²) in [5, 5.41) is 18.7. The molecule has 0 spiro atoms. The van der Waals surface area contributed by atoms with Crippen LogP contribution in [0.2, 0.25) is 0 Å². The Bertz CT molecular complexity index is 421. The van der Waals surface area contributed by atoms with Gasteiger partial charge in [-0.2, -0.15) is 0 Å². The summed E-state index contributed by atoms with van der Waals surface area (Å²) in [5.74, 6) is -0.915. The van der Waals surface area contributed by atoms with E-state index in [1.807, 2.05) is 0 Å². The molecule has 0 saturated carbocycles. The quantitative estimate of drug-likeness (QED) is 0.464. The van der Waals surface area contributed by atoms with Crippen molar-refractivity contribution in [1.29, 1.82) is 0 Å². The molecular weight excluding hydrogens is 256 g/mol. The number of thioether (sulfide) groups is 1. The highest BCUT2D eigenvalue weighted by molar-refractivity contribution is 7.99. The van der Waals surface area contributed by atoms with E-state index in [9.17, 15) is 19.8 Å². The molecule has 7 heteroatoms. The van der Waals surface area contributed by atoms with Gasteiger partial charge in [-0.15, -0.1) is 11.8 Å². The molecule has 3 unspecified atom stereocenters. The van der Waals surface area contributed by atoms with Crippen molar-refractivity contribution in [1.82, 2.24) is 4.90 Å². The Morgan fingerprint density at radius 3 is 2.83 bits per heavy atom. The fourth-order valence-corrected chi connectivity index (χ4v) is 3.29. The summed E-state index contributed by atoms with van der Waals surface area (Å²) in [5.41, 5.74) is 6.21. The fourth-order valence-electron chi connectivity index (χ4n) is 2.67. The Kier molecular flexibility index (Phi) is 3.65. The third-order valence-electron chi connectivity index (χ3n) is 3.42. The van der Waals surface area contributed by atoms with Gasteiger partial charge >= 0.3 is 5.97 Å². The second-order valence-electron chi connectivity index (χ2n) is 4.52. The molecule has 0 aromatic rings. The van der Waals surface area contributed by atoms with Crippen LogP contribution in [0.15, 0.2) is 11.3 Å². The number of carbonyl (C=O) groups excluding carboxylic acids is 1. The molecule has 2 rings (SSSR count). The van der Waals surface area contributed by atoms with Crippen molar-refractivity contribution < 1.29 is 19.8 Å². The third-order valence-corrected chi connectivity index (χ3v) is 4.20. The van der Waals surface area contributed by atoms with Crippen molar-refractivity contribution in [2.45, 2.75) is 25.5 Å². The van der Waals surface area contributed by atoms with E-state index in [2.05, 4.69) is 0 Å². The molecule has 0 aliphatic carbocycles. The summed E-state index contributed by atoms with van der Waals surface area (Å²) >= 11 is 1.43. The van der Waals surface area contributed by atoms with Gasteiger partial charge in [0, 0.05) is 11.6 Å². The SMILES string of the molecule is CC(O)C1C(=O)N2C(C(=O)O)=C(CSCN)CC12. The van der Waals surface area contributed by atoms with Gasteiger partial charge in [0.1, 0.15) is 5.70 Å². The predicted molar refractivity (Wildman–Crippen MR) is 66.6 cm³/mol. The molecule has 0 aromatic carbocycles. The molecule has 1 saturated heterocycles. The molecule has 0 radical (unpaired) electrons. The number of hydrogen-bond acceptors (Lipinski definition) is 5. The number of aliphatic hydroxyl groups excluding tert-OH is 1. The van der Waals surface area contributed by atoms with Crippen LogP contribution in [0.5, 0.6) is 0 Å². The normalized spacial score (nSPS) is 28.2. The van der Waals surface area contributed by atoms with E-state index in [0.717, 1.165) is 5.57 Å². The first kappa shape index (κ1) is 13.4. The Balaban J connectivity index is 2.21. The molecule has 6 nitrogen and oxygen atoms in total. The van der Waals surface area contributed by atoms with Gasteiger partial charge in [0.25, 0.3) is 0 Å². The number of hydrogen-bond donors (Lipinski definition) is 3. The minimum absolute atomic E-state index is 0.0860. The van der Waals surface area contributed by atoms with Gasteiger partial charge in [0.2, 0.25) is 5.91 Å². The van der Waals surface area contributed by atoms with Crippen LogP contribution in [0, 0.1) is 5.92 Å². The second kappa shape index (κ2) is 4.91. The summed E-state index contributed by atoms with van der Waals surface area (Å²) in [4.78, 5) is 24.4. The van der Waals surface area contributed by atoms with Crippen molar-refractivity contribution in [3.05, 3.63) is 11.3 Å². The molecule has 3 atom stereocenters. The van der Waals surface area contributed by atoms with Gasteiger partial charge in [-0.3, -0.25) is 4.79 Å². The number of carbonyl (C=O) groups is 2. The Labute approximate surface area is 109 Å². The number of aliphatic carboxylic acids is 1. The average Bonchev–Trinajstić information content (AvgIpc) is 2.60. The lowest BCUT2D eigenvalue weighted by Gasteiger charge is -2.44. The highest BCUT2D eigenvalue weighted by Crippen LogP contribution is 2.44. The van der Waals surface area contributed by atoms with E-state index in [-0.39, 0.29) is 17.6 Å². The molecule has 0 bridgehead atoms. The van der Waals surface area contributed by atoms with E-state index in [0.29, 0.717) is 18.1 Å². The number of rotatable bonds is 5. The van der Waals surface area contributed by atoms with Crippen molar-refractivity contribution in [3.63, 3.8) is 0 Å². The van der Waals surface area contributed by atoms with Crippen LogP contribution in [0.25, 0.3) is 0 Å². The number of aliphatic hydroxyl groups is 1. The summed E-state index contributed by atoms with van der Waals surface area (Å²) in [7, 11) is 0. The van der Waals surface area contributed by atoms with Crippen molar-refractivity contribution in [2.24, 2.45) is 11.7 Å². The lowest BCUT2D eigenvalue weighted by Crippen LogP contribution is -2.61. The van der Waals surface area contributed by atoms with Gasteiger partial charge in [0.15, 0.2) is 0 Å². The standard InChI is InChI=1S/C11H16N2O4S/c1-5(14)8-7-2-6(3-18-4-12)9(11(16)17)13(7)10(8)15/h5,7-8,14H,2-4,12H2,1H3,(H,16,17). The molecule has 2 heterocycles. The number of amides is 1. The number of carboxylic acids is 1. The van der Waals surface area contributed by atoms with E-state index >= 15 is 0 Å². The maximum Gasteiger partial charge on any atom is 0.352 e. The first-order valence-electron chi connectivity index (χ1n) is 5.73. The Morgan fingerprint density at radius 1 is 1.67 bits per heavy atom. The zero-order valence-electron chi connectivity index (χ0n) is 10.00. The number of nitrogens with two attached hydrogens (primary N) is 1. The molecular formula is C11H16N2O4S. The van der Waals surface area contributed by atoms with Crippen LogP contribution < -0.4 is 5.73 Å². The van der Waals surface area contributed by atoms with Crippen molar-refractivity contribution in [3.8, 4) is 0 Å². The average molecular weight is 272 g/mol. The van der Waals surface area contributed by atoms with Crippen LogP contribution in [0.4, 0.5) is 0 Å². The van der Waals surface area contributed by atoms with Crippen molar-refractivity contribution >= 4 is 23.6 Å². The van der Waals surface area contributed by atoms with Gasteiger partial charge < -0.3 is 20.8 Å². The van der Waals surface area contributed by atoms with Crippen LogP contribution in [0.3, 0.4) is 0 Å². The molecule has 4 N–H and O–H groups in total. The van der Waals surface area contributed by atoms with Crippen LogP contribution in [-0.2, 0) is 9.59 Å². The summed E-state index contributed by atoms with van der Waals surface area (Å²) in [6, 6.07) is -0.197. The number of fused-ring (bicyclic) bond motifs is 1. The van der Waals surface area contributed by atoms with Crippen LogP contribution in [0.1, 0.15) is 13.3 Å². The zero-order chi connectivity index (χ0) is 13.4. The monoisotopic (exact) mass is 272 g/mol. The first-order chi connectivity index (χ1) is 8.49. The summed E-state index contributed by atoms with van der Waals surface area (Å²) in [6.45, 7) is 1.56. The molecule has 1 amide bonds. The zero-order valence-corrected chi connectivity index (χ0v) is 10.8. The van der Waals surface area contributed by atoms with E-state index in [1.54, 1.807) is 6.92 Å². The van der Waals surface area contributed by atoms with Crippen LogP contribution in [-0.4, -0.2) is 50.8 Å². The molecule has 18 heavy (non-hydrogen) atoms. The molecule has 2 aliphatic heterocycles. The Morgan fingerprint density at radius 2 is 2.33 bits per heavy atom. The number of β-lactam (4-membered cyclic amide) rings is 1. The van der Waals surface area contributed by atoms with Gasteiger partial charge in [-0.1, -0.05) is 0 Å². The first-order valence-corrected chi connectivity index (χ1v) is 6.88. The largest absolute Gasteiger partial charge is 0.477 e. The van der Waals surface area contributed by atoms with Gasteiger partial charge in [-0.25, -0.2) is 4.79 Å². The maximum absolute atomic E-state index is 11.9. The maximum atomic E-state index is 11.9. The van der Waals surface area contributed by atoms with E-state index in [4.69, 9.17) is 5.73 Å². The second-order valence-corrected chi connectivity index (χ2v) is 5.55. The minimum Gasteiger partial charge on any atom is -0.477 e. The third kappa shape index (κ3) is 1.92. The number of nitrogens with zero attached hydrogens (tertiary/aromatic N) is 1. The smallest absolute Gasteiger partial charge is 0.352 e. The highest BCUT2D eigenvalue weighted by atomic mass is 32.2. The lowest BCUT2D eigenvalue weighted by molar-refractivity contribution is -0.161. The van der Waals surface area contributed by atoms with E-state index in [1.165, 1.54) is 16.7 Å². The molecule has 1 fully saturated rings. The summed E-state index contributed by atoms with van der Waals surface area (Å²) < 4.78 is 0. The fraction of sp³-hybridized carbons (Fsp3) is 0.636. The summed E-state index contributed by atoms with van der Waals surface area (Å²) in [6.07, 6.45) is -0.217. The molecule has 2 aliphatic rings. The predicted octanol–water partition coefficient (Wildman–Crippen LogP) is -0.414. The Hall–Kier alpha value is -1.05. The number of carboxylic acid groups (broad SMARTS) is 1. The minimum atomic E-state index is -1.08. The topological polar surface area (TPSA) is 104 Å².